The first-order valence-corrected chi connectivity index (χ1v) is 3.54. The maximum Gasteiger partial charge on any atom is 0.0811 e. The van der Waals surface area contributed by atoms with Gasteiger partial charge < -0.3 is 10.2 Å². The molecule has 0 bridgehead atoms. The van der Waals surface area contributed by atoms with Crippen molar-refractivity contribution in [3.8, 4) is 24.2 Å². The molecule has 0 unspecified atom stereocenters. The molecule has 2 nitrogen and oxygen atoms in total. The van der Waals surface area contributed by atoms with Crippen LogP contribution in [0.5, 0.6) is 0 Å². The third-order valence-corrected chi connectivity index (χ3v) is 1.85. The molecule has 3 atom stereocenters. The summed E-state index contributed by atoms with van der Waals surface area (Å²) in [5.41, 5.74) is 0. The molecule has 1 saturated carbocycles. The van der Waals surface area contributed by atoms with E-state index in [9.17, 15) is 0 Å². The highest BCUT2D eigenvalue weighted by Crippen LogP contribution is 2.40. The Morgan fingerprint density at radius 3 is 2.91 bits per heavy atom. The van der Waals surface area contributed by atoms with Crippen LogP contribution in [-0.4, -0.2) is 22.9 Å². The normalized spacial score (nSPS) is 29.5. The van der Waals surface area contributed by atoms with Crippen LogP contribution >= 0.6 is 0 Å². The van der Waals surface area contributed by atoms with Gasteiger partial charge in [0.1, 0.15) is 0 Å². The van der Waals surface area contributed by atoms with E-state index < -0.39 is 6.10 Å². The Morgan fingerprint density at radius 2 is 2.36 bits per heavy atom. The third-order valence-electron chi connectivity index (χ3n) is 1.85. The van der Waals surface area contributed by atoms with E-state index in [4.69, 9.17) is 16.6 Å². The van der Waals surface area contributed by atoms with Gasteiger partial charge in [0.15, 0.2) is 0 Å². The van der Waals surface area contributed by atoms with Gasteiger partial charge in [0, 0.05) is 11.8 Å². The average Bonchev–Trinajstić information content (AvgIpc) is 2.78. The molecule has 1 aliphatic rings. The lowest BCUT2D eigenvalue weighted by Crippen LogP contribution is -2.15. The van der Waals surface area contributed by atoms with Crippen molar-refractivity contribution in [1.82, 2.24) is 0 Å². The van der Waals surface area contributed by atoms with Crippen molar-refractivity contribution in [2.24, 2.45) is 11.8 Å². The standard InChI is InChI=1S/C9H10O2/c1-2-3-4-7-5-8(7)9(11)6-10/h1,7-11H,5-6H2/t7-,8-,9-/m1/s1. The van der Waals surface area contributed by atoms with Gasteiger partial charge >= 0.3 is 0 Å². The first kappa shape index (κ1) is 8.14. The van der Waals surface area contributed by atoms with Gasteiger partial charge in [-0.2, -0.15) is 0 Å². The summed E-state index contributed by atoms with van der Waals surface area (Å²) in [6.45, 7) is -0.182. The Hall–Kier alpha value is -0.960. The van der Waals surface area contributed by atoms with Crippen LogP contribution in [0.15, 0.2) is 0 Å². The lowest BCUT2D eigenvalue weighted by atomic mass is 10.2. The maximum absolute atomic E-state index is 9.10. The fourth-order valence-electron chi connectivity index (χ4n) is 1.08. The Bertz CT molecular complexity index is 228. The Kier molecular flexibility index (Phi) is 2.54. The molecule has 58 valence electrons. The molecule has 2 heteroatoms. The molecule has 11 heavy (non-hydrogen) atoms. The molecule has 2 N–H and O–H groups in total. The summed E-state index contributed by atoms with van der Waals surface area (Å²) in [4.78, 5) is 0. The Balaban J connectivity index is 2.33. The predicted octanol–water partition coefficient (Wildman–Crippen LogP) is -0.388. The van der Waals surface area contributed by atoms with Crippen LogP contribution in [0, 0.1) is 36.0 Å². The zero-order valence-electron chi connectivity index (χ0n) is 6.12. The quantitative estimate of drug-likeness (QED) is 0.526. The topological polar surface area (TPSA) is 40.5 Å². The van der Waals surface area contributed by atoms with Crippen molar-refractivity contribution < 1.29 is 10.2 Å². The first-order chi connectivity index (χ1) is 5.29. The molecule has 0 aromatic rings. The molecule has 0 spiro atoms. The zero-order valence-corrected chi connectivity index (χ0v) is 6.12. The smallest absolute Gasteiger partial charge is 0.0811 e. The van der Waals surface area contributed by atoms with E-state index >= 15 is 0 Å². The Labute approximate surface area is 66.2 Å². The van der Waals surface area contributed by atoms with Crippen molar-refractivity contribution in [2.45, 2.75) is 12.5 Å². The van der Waals surface area contributed by atoms with E-state index in [1.807, 2.05) is 0 Å². The van der Waals surface area contributed by atoms with Gasteiger partial charge in [-0.3, -0.25) is 0 Å². The lowest BCUT2D eigenvalue weighted by Gasteiger charge is -2.01. The Morgan fingerprint density at radius 1 is 1.64 bits per heavy atom. The van der Waals surface area contributed by atoms with Gasteiger partial charge in [0.05, 0.1) is 12.7 Å². The minimum atomic E-state index is -0.618. The van der Waals surface area contributed by atoms with E-state index in [-0.39, 0.29) is 18.4 Å². The number of hydrogen-bond acceptors (Lipinski definition) is 2. The maximum atomic E-state index is 9.10. The molecular weight excluding hydrogens is 140 g/mol. The van der Waals surface area contributed by atoms with E-state index in [0.29, 0.717) is 0 Å². The van der Waals surface area contributed by atoms with Gasteiger partial charge in [-0.25, -0.2) is 0 Å². The van der Waals surface area contributed by atoms with E-state index in [0.717, 1.165) is 6.42 Å². The van der Waals surface area contributed by atoms with Crippen LogP contribution in [0.1, 0.15) is 6.42 Å². The molecule has 0 amide bonds. The molecule has 1 aliphatic carbocycles. The third kappa shape index (κ3) is 1.98. The lowest BCUT2D eigenvalue weighted by molar-refractivity contribution is 0.0757. The minimum Gasteiger partial charge on any atom is -0.394 e. The van der Waals surface area contributed by atoms with Crippen LogP contribution in [-0.2, 0) is 0 Å². The number of rotatable bonds is 2. The van der Waals surface area contributed by atoms with Gasteiger partial charge in [0.25, 0.3) is 0 Å². The highest BCUT2D eigenvalue weighted by atomic mass is 16.3. The van der Waals surface area contributed by atoms with Crippen molar-refractivity contribution in [3.05, 3.63) is 0 Å². The monoisotopic (exact) mass is 150 g/mol. The molecule has 0 saturated heterocycles. The number of aliphatic hydroxyl groups is 2. The molecular formula is C9H10O2. The minimum absolute atomic E-state index is 0.140. The highest BCUT2D eigenvalue weighted by molar-refractivity contribution is 5.26. The summed E-state index contributed by atoms with van der Waals surface area (Å²) in [6.07, 6.45) is 5.16. The number of hydrogen-bond donors (Lipinski definition) is 2. The van der Waals surface area contributed by atoms with Crippen molar-refractivity contribution in [3.63, 3.8) is 0 Å². The van der Waals surface area contributed by atoms with Crippen LogP contribution in [0.25, 0.3) is 0 Å². The van der Waals surface area contributed by atoms with E-state index in [1.165, 1.54) is 0 Å². The molecule has 0 aliphatic heterocycles. The predicted molar refractivity (Wildman–Crippen MR) is 41.3 cm³/mol. The van der Waals surface area contributed by atoms with Crippen molar-refractivity contribution in [2.75, 3.05) is 6.61 Å². The van der Waals surface area contributed by atoms with Crippen LogP contribution in [0.2, 0.25) is 0 Å². The van der Waals surface area contributed by atoms with Crippen LogP contribution in [0.3, 0.4) is 0 Å². The van der Waals surface area contributed by atoms with Crippen LogP contribution in [0.4, 0.5) is 0 Å². The first-order valence-electron chi connectivity index (χ1n) is 3.54. The SMILES string of the molecule is C#CC#C[C@@H]1C[C@H]1[C@H](O)CO. The van der Waals surface area contributed by atoms with Crippen molar-refractivity contribution >= 4 is 0 Å². The summed E-state index contributed by atoms with van der Waals surface area (Å²) < 4.78 is 0. The number of aliphatic hydroxyl groups excluding tert-OH is 2. The molecule has 0 heterocycles. The summed E-state index contributed by atoms with van der Waals surface area (Å²) in [6, 6.07) is 0. The van der Waals surface area contributed by atoms with E-state index in [1.54, 1.807) is 0 Å². The fraction of sp³-hybridized carbons (Fsp3) is 0.556. The number of terminal acetylenes is 1. The van der Waals surface area contributed by atoms with E-state index in [2.05, 4.69) is 17.8 Å². The second-order valence-corrected chi connectivity index (χ2v) is 2.67. The molecule has 0 radical (unpaired) electrons. The van der Waals surface area contributed by atoms with Gasteiger partial charge in [-0.1, -0.05) is 5.92 Å². The highest BCUT2D eigenvalue weighted by Gasteiger charge is 2.40. The zero-order chi connectivity index (χ0) is 8.27. The molecule has 0 aromatic heterocycles. The largest absolute Gasteiger partial charge is 0.394 e. The second kappa shape index (κ2) is 3.44. The summed E-state index contributed by atoms with van der Waals surface area (Å²) in [5.74, 6) is 7.87. The summed E-state index contributed by atoms with van der Waals surface area (Å²) >= 11 is 0. The molecule has 0 aromatic carbocycles. The second-order valence-electron chi connectivity index (χ2n) is 2.67. The van der Waals surface area contributed by atoms with Gasteiger partial charge in [0.2, 0.25) is 0 Å². The molecule has 1 rings (SSSR count). The summed E-state index contributed by atoms with van der Waals surface area (Å²) in [5, 5.41) is 17.6. The van der Waals surface area contributed by atoms with Crippen molar-refractivity contribution in [1.29, 1.82) is 0 Å². The van der Waals surface area contributed by atoms with Crippen LogP contribution < -0.4 is 0 Å². The van der Waals surface area contributed by atoms with Gasteiger partial charge in [-0.05, 0) is 18.3 Å². The fourth-order valence-corrected chi connectivity index (χ4v) is 1.08. The summed E-state index contributed by atoms with van der Waals surface area (Å²) in [7, 11) is 0. The molecule has 1 fully saturated rings. The average molecular weight is 150 g/mol. The van der Waals surface area contributed by atoms with Gasteiger partial charge in [-0.15, -0.1) is 6.42 Å².